The molecule has 0 bridgehead atoms. The van der Waals surface area contributed by atoms with E-state index in [2.05, 4.69) is 15.9 Å². The Kier molecular flexibility index (Phi) is 3.68. The average molecular weight is 276 g/mol. The molecule has 0 fully saturated rings. The van der Waals surface area contributed by atoms with E-state index < -0.39 is 11.8 Å². The third-order valence-electron chi connectivity index (χ3n) is 2.00. The van der Waals surface area contributed by atoms with E-state index in [-0.39, 0.29) is 22.3 Å². The Labute approximate surface area is 95.5 Å². The second kappa shape index (κ2) is 4.61. The van der Waals surface area contributed by atoms with E-state index in [1.807, 2.05) is 0 Å². The first kappa shape index (κ1) is 12.0. The summed E-state index contributed by atoms with van der Waals surface area (Å²) >= 11 is 3.05. The normalized spacial score (nSPS) is 10.1. The summed E-state index contributed by atoms with van der Waals surface area (Å²) in [5.74, 6) is -1.13. The zero-order valence-electron chi connectivity index (χ0n) is 8.43. The Morgan fingerprint density at radius 3 is 2.80 bits per heavy atom. The van der Waals surface area contributed by atoms with E-state index in [1.165, 1.54) is 0 Å². The minimum Gasteiger partial charge on any atom is -0.462 e. The van der Waals surface area contributed by atoms with E-state index in [0.717, 1.165) is 6.07 Å². The molecule has 3 nitrogen and oxygen atoms in total. The van der Waals surface area contributed by atoms with Crippen molar-refractivity contribution in [2.75, 3.05) is 12.3 Å². The SMILES string of the molecule is CCOC(=O)c1cc(F)c(Br)c(C)c1N. The molecule has 0 aliphatic rings. The highest BCUT2D eigenvalue weighted by Gasteiger charge is 2.17. The maximum atomic E-state index is 13.3. The monoisotopic (exact) mass is 275 g/mol. The lowest BCUT2D eigenvalue weighted by atomic mass is 10.1. The number of hydrogen-bond donors (Lipinski definition) is 1. The van der Waals surface area contributed by atoms with Crippen LogP contribution in [0.15, 0.2) is 10.5 Å². The van der Waals surface area contributed by atoms with Crippen LogP contribution in [0.3, 0.4) is 0 Å². The van der Waals surface area contributed by atoms with Gasteiger partial charge in [-0.2, -0.15) is 0 Å². The predicted molar refractivity (Wildman–Crippen MR) is 59.2 cm³/mol. The van der Waals surface area contributed by atoms with Gasteiger partial charge < -0.3 is 10.5 Å². The number of anilines is 1. The Morgan fingerprint density at radius 1 is 1.67 bits per heavy atom. The molecule has 0 aliphatic carbocycles. The number of nitrogens with two attached hydrogens (primary N) is 1. The van der Waals surface area contributed by atoms with Gasteiger partial charge in [0, 0.05) is 0 Å². The molecule has 1 rings (SSSR count). The molecule has 0 aliphatic heterocycles. The molecule has 1 aromatic rings. The minimum atomic E-state index is -0.607. The summed E-state index contributed by atoms with van der Waals surface area (Å²) in [6.07, 6.45) is 0. The smallest absolute Gasteiger partial charge is 0.340 e. The molecule has 0 aromatic heterocycles. The molecular weight excluding hydrogens is 265 g/mol. The van der Waals surface area contributed by atoms with Gasteiger partial charge in [-0.15, -0.1) is 0 Å². The molecule has 0 saturated heterocycles. The Balaban J connectivity index is 3.26. The number of carbonyl (C=O) groups is 1. The van der Waals surface area contributed by atoms with Crippen molar-refractivity contribution in [2.24, 2.45) is 0 Å². The second-order valence-corrected chi connectivity index (χ2v) is 3.77. The quantitative estimate of drug-likeness (QED) is 0.667. The van der Waals surface area contributed by atoms with Gasteiger partial charge in [-0.05, 0) is 41.4 Å². The Hall–Kier alpha value is -1.10. The molecular formula is C10H11BrFNO2. The van der Waals surface area contributed by atoms with E-state index in [0.29, 0.717) is 5.56 Å². The van der Waals surface area contributed by atoms with Gasteiger partial charge in [-0.25, -0.2) is 9.18 Å². The number of hydrogen-bond acceptors (Lipinski definition) is 3. The van der Waals surface area contributed by atoms with Crippen LogP contribution in [0.2, 0.25) is 0 Å². The van der Waals surface area contributed by atoms with Crippen LogP contribution in [0.25, 0.3) is 0 Å². The molecule has 0 unspecified atom stereocenters. The first-order valence-corrected chi connectivity index (χ1v) is 5.19. The Morgan fingerprint density at radius 2 is 2.27 bits per heavy atom. The van der Waals surface area contributed by atoms with Crippen LogP contribution in [-0.2, 0) is 4.74 Å². The number of rotatable bonds is 2. The lowest BCUT2D eigenvalue weighted by molar-refractivity contribution is 0.0527. The molecule has 0 spiro atoms. The van der Waals surface area contributed by atoms with Gasteiger partial charge in [-0.3, -0.25) is 0 Å². The first-order chi connectivity index (χ1) is 6.99. The summed E-state index contributed by atoms with van der Waals surface area (Å²) < 4.78 is 18.3. The van der Waals surface area contributed by atoms with Crippen LogP contribution >= 0.6 is 15.9 Å². The van der Waals surface area contributed by atoms with Crippen molar-refractivity contribution in [2.45, 2.75) is 13.8 Å². The van der Waals surface area contributed by atoms with Gasteiger partial charge in [0.1, 0.15) is 5.82 Å². The van der Waals surface area contributed by atoms with E-state index in [1.54, 1.807) is 13.8 Å². The van der Waals surface area contributed by atoms with Crippen LogP contribution < -0.4 is 5.73 Å². The van der Waals surface area contributed by atoms with Gasteiger partial charge in [0.05, 0.1) is 22.3 Å². The zero-order valence-corrected chi connectivity index (χ0v) is 10.0. The topological polar surface area (TPSA) is 52.3 Å². The number of halogens is 2. The minimum absolute atomic E-state index is 0.0649. The van der Waals surface area contributed by atoms with Crippen molar-refractivity contribution in [1.82, 2.24) is 0 Å². The van der Waals surface area contributed by atoms with E-state index >= 15 is 0 Å². The summed E-state index contributed by atoms with van der Waals surface area (Å²) in [5, 5.41) is 0. The van der Waals surface area contributed by atoms with Crippen LogP contribution in [0, 0.1) is 12.7 Å². The summed E-state index contributed by atoms with van der Waals surface area (Å²) in [5.41, 5.74) is 6.49. The van der Waals surface area contributed by atoms with Gasteiger partial charge in [0.2, 0.25) is 0 Å². The number of ether oxygens (including phenoxy) is 1. The third-order valence-corrected chi connectivity index (χ3v) is 2.97. The molecule has 2 N–H and O–H groups in total. The van der Waals surface area contributed by atoms with Gasteiger partial charge in [0.25, 0.3) is 0 Å². The van der Waals surface area contributed by atoms with E-state index in [4.69, 9.17) is 10.5 Å². The number of benzene rings is 1. The van der Waals surface area contributed by atoms with Crippen molar-refractivity contribution >= 4 is 27.6 Å². The van der Waals surface area contributed by atoms with Crippen molar-refractivity contribution in [3.05, 3.63) is 27.5 Å². The van der Waals surface area contributed by atoms with Crippen LogP contribution in [0.1, 0.15) is 22.8 Å². The second-order valence-electron chi connectivity index (χ2n) is 2.98. The van der Waals surface area contributed by atoms with Crippen LogP contribution in [0.5, 0.6) is 0 Å². The summed E-state index contributed by atoms with van der Waals surface area (Å²) in [6, 6.07) is 1.07. The molecule has 15 heavy (non-hydrogen) atoms. The van der Waals surface area contributed by atoms with Crippen LogP contribution in [-0.4, -0.2) is 12.6 Å². The maximum Gasteiger partial charge on any atom is 0.340 e. The number of esters is 1. The summed E-state index contributed by atoms with van der Waals surface area (Å²) in [6.45, 7) is 3.54. The van der Waals surface area contributed by atoms with Gasteiger partial charge in [0.15, 0.2) is 0 Å². The molecule has 0 amide bonds. The van der Waals surface area contributed by atoms with Crippen molar-refractivity contribution < 1.29 is 13.9 Å². The highest BCUT2D eigenvalue weighted by molar-refractivity contribution is 9.10. The Bertz CT molecular complexity index is 407. The fourth-order valence-corrected chi connectivity index (χ4v) is 1.47. The maximum absolute atomic E-state index is 13.3. The molecule has 82 valence electrons. The highest BCUT2D eigenvalue weighted by Crippen LogP contribution is 2.28. The average Bonchev–Trinajstić information content (AvgIpc) is 2.20. The van der Waals surface area contributed by atoms with Crippen molar-refractivity contribution in [1.29, 1.82) is 0 Å². The van der Waals surface area contributed by atoms with Crippen LogP contribution in [0.4, 0.5) is 10.1 Å². The first-order valence-electron chi connectivity index (χ1n) is 4.40. The molecule has 0 atom stereocenters. The van der Waals surface area contributed by atoms with Crippen molar-refractivity contribution in [3.63, 3.8) is 0 Å². The highest BCUT2D eigenvalue weighted by atomic mass is 79.9. The number of nitrogen functional groups attached to an aromatic ring is 1. The molecule has 5 heteroatoms. The lowest BCUT2D eigenvalue weighted by Gasteiger charge is -2.10. The predicted octanol–water partition coefficient (Wildman–Crippen LogP) is 2.66. The van der Waals surface area contributed by atoms with Gasteiger partial charge >= 0.3 is 5.97 Å². The summed E-state index contributed by atoms with van der Waals surface area (Å²) in [7, 11) is 0. The standard InChI is InChI=1S/C10H11BrFNO2/c1-3-15-10(14)6-4-7(12)8(11)5(2)9(6)13/h4H,3,13H2,1-2H3. The third kappa shape index (κ3) is 2.28. The largest absolute Gasteiger partial charge is 0.462 e. The van der Waals surface area contributed by atoms with E-state index in [9.17, 15) is 9.18 Å². The van der Waals surface area contributed by atoms with Crippen molar-refractivity contribution in [3.8, 4) is 0 Å². The zero-order chi connectivity index (χ0) is 11.6. The lowest BCUT2D eigenvalue weighted by Crippen LogP contribution is -2.10. The fourth-order valence-electron chi connectivity index (χ4n) is 1.14. The molecule has 0 radical (unpaired) electrons. The molecule has 1 aromatic carbocycles. The summed E-state index contributed by atoms with van der Waals surface area (Å²) in [4.78, 5) is 11.4. The molecule has 0 heterocycles. The van der Waals surface area contributed by atoms with Gasteiger partial charge in [-0.1, -0.05) is 0 Å². The molecule has 0 saturated carbocycles. The number of carbonyl (C=O) groups excluding carboxylic acids is 1. The fraction of sp³-hybridized carbons (Fsp3) is 0.300.